The number of nitrogen functional groups attached to an aromatic ring is 2. The zero-order valence-electron chi connectivity index (χ0n) is 13.3. The number of hydrogen-bond donors (Lipinski definition) is 2. The van der Waals surface area contributed by atoms with Crippen LogP contribution in [0.4, 0.5) is 10.8 Å². The van der Waals surface area contributed by atoms with Crippen molar-refractivity contribution in [3.05, 3.63) is 34.1 Å². The molecule has 2 heterocycles. The summed E-state index contributed by atoms with van der Waals surface area (Å²) >= 11 is 0.826. The summed E-state index contributed by atoms with van der Waals surface area (Å²) in [5.41, 5.74) is 11.2. The quantitative estimate of drug-likeness (QED) is 0.568. The highest BCUT2D eigenvalue weighted by atomic mass is 32.1. The van der Waals surface area contributed by atoms with Crippen molar-refractivity contribution >= 4 is 40.1 Å². The maximum absolute atomic E-state index is 12.1. The maximum atomic E-state index is 12.1. The predicted molar refractivity (Wildman–Crippen MR) is 87.0 cm³/mol. The number of nitrogens with zero attached hydrogens (tertiary/aromatic N) is 2. The topological polar surface area (TPSA) is 157 Å². The van der Waals surface area contributed by atoms with E-state index in [0.717, 1.165) is 18.4 Å². The van der Waals surface area contributed by atoms with Crippen LogP contribution in [-0.4, -0.2) is 42.1 Å². The molecule has 0 unspecified atom stereocenters. The highest BCUT2D eigenvalue weighted by Crippen LogP contribution is 2.33. The average molecular weight is 366 g/mol. The molecule has 2 aromatic rings. The molecule has 0 aromatic carbocycles. The Kier molecular flexibility index (Phi) is 5.49. The second kappa shape index (κ2) is 7.57. The SMILES string of the molecule is COC(=O)c1sc(N)c(C(=O)OC)c1COC(=O)c1nccnc1N. The number of hydrogen-bond acceptors (Lipinski definition) is 11. The molecule has 0 spiro atoms. The Balaban J connectivity index is 2.34. The van der Waals surface area contributed by atoms with Crippen LogP contribution >= 0.6 is 11.3 Å². The monoisotopic (exact) mass is 366 g/mol. The molecule has 0 aliphatic heterocycles. The van der Waals surface area contributed by atoms with E-state index in [2.05, 4.69) is 19.4 Å². The molecule has 2 rings (SSSR count). The molecule has 0 atom stereocenters. The number of carbonyl (C=O) groups excluding carboxylic acids is 3. The summed E-state index contributed by atoms with van der Waals surface area (Å²) in [7, 11) is 2.33. The van der Waals surface area contributed by atoms with Crippen molar-refractivity contribution in [3.63, 3.8) is 0 Å². The van der Waals surface area contributed by atoms with Gasteiger partial charge in [-0.25, -0.2) is 24.4 Å². The summed E-state index contributed by atoms with van der Waals surface area (Å²) in [5, 5.41) is 0.0392. The van der Waals surface area contributed by atoms with E-state index in [4.69, 9.17) is 16.2 Å². The van der Waals surface area contributed by atoms with Crippen LogP contribution in [0.25, 0.3) is 0 Å². The zero-order chi connectivity index (χ0) is 18.6. The number of ether oxygens (including phenoxy) is 3. The van der Waals surface area contributed by atoms with E-state index in [0.29, 0.717) is 0 Å². The van der Waals surface area contributed by atoms with E-state index in [9.17, 15) is 14.4 Å². The van der Waals surface area contributed by atoms with Gasteiger partial charge in [-0.1, -0.05) is 0 Å². The molecule has 0 bridgehead atoms. The molecule has 132 valence electrons. The first-order chi connectivity index (χ1) is 11.9. The van der Waals surface area contributed by atoms with Crippen molar-refractivity contribution in [3.8, 4) is 0 Å². The van der Waals surface area contributed by atoms with Crippen LogP contribution in [-0.2, 0) is 20.8 Å². The summed E-state index contributed by atoms with van der Waals surface area (Å²) in [6.07, 6.45) is 2.59. The van der Waals surface area contributed by atoms with Gasteiger partial charge in [-0.15, -0.1) is 11.3 Å². The third-order valence-electron chi connectivity index (χ3n) is 3.06. The molecule has 0 aliphatic carbocycles. The highest BCUT2D eigenvalue weighted by Gasteiger charge is 2.28. The van der Waals surface area contributed by atoms with Gasteiger partial charge >= 0.3 is 17.9 Å². The highest BCUT2D eigenvalue weighted by molar-refractivity contribution is 7.18. The minimum Gasteiger partial charge on any atom is -0.465 e. The Morgan fingerprint density at radius 3 is 2.28 bits per heavy atom. The lowest BCUT2D eigenvalue weighted by molar-refractivity contribution is 0.0447. The predicted octanol–water partition coefficient (Wildman–Crippen LogP) is 0.633. The van der Waals surface area contributed by atoms with Crippen molar-refractivity contribution < 1.29 is 28.6 Å². The molecule has 0 radical (unpaired) electrons. The fourth-order valence-electron chi connectivity index (χ4n) is 1.92. The van der Waals surface area contributed by atoms with Gasteiger partial charge in [0, 0.05) is 18.0 Å². The van der Waals surface area contributed by atoms with Crippen LogP contribution in [0.15, 0.2) is 12.4 Å². The van der Waals surface area contributed by atoms with Gasteiger partial charge < -0.3 is 25.7 Å². The van der Waals surface area contributed by atoms with Crippen molar-refractivity contribution in [2.45, 2.75) is 6.61 Å². The molecular formula is C14H14N4O6S. The molecule has 11 heteroatoms. The number of anilines is 2. The Labute approximate surface area is 145 Å². The molecule has 0 amide bonds. The van der Waals surface area contributed by atoms with Crippen LogP contribution in [0.2, 0.25) is 0 Å². The molecule has 10 nitrogen and oxygen atoms in total. The molecule has 0 fully saturated rings. The fraction of sp³-hybridized carbons (Fsp3) is 0.214. The van der Waals surface area contributed by atoms with Crippen LogP contribution < -0.4 is 11.5 Å². The first kappa shape index (κ1) is 18.1. The number of methoxy groups -OCH3 is 2. The standard InChI is InChI=1S/C14H14N4O6S/c1-22-12(19)7-6(9(14(21)23-2)25-11(7)16)5-24-13(20)8-10(15)18-4-3-17-8/h3-4H,5,16H2,1-2H3,(H2,15,18). The van der Waals surface area contributed by atoms with E-state index in [1.54, 1.807) is 0 Å². The van der Waals surface area contributed by atoms with Crippen LogP contribution in [0.1, 0.15) is 36.1 Å². The van der Waals surface area contributed by atoms with E-state index >= 15 is 0 Å². The van der Waals surface area contributed by atoms with Gasteiger partial charge in [0.15, 0.2) is 11.5 Å². The summed E-state index contributed by atoms with van der Waals surface area (Å²) in [4.78, 5) is 43.4. The molecular weight excluding hydrogens is 352 g/mol. The molecule has 4 N–H and O–H groups in total. The van der Waals surface area contributed by atoms with Gasteiger partial charge in [0.05, 0.1) is 14.2 Å². The minimum absolute atomic E-state index is 0.0281. The fourth-order valence-corrected chi connectivity index (χ4v) is 2.90. The maximum Gasteiger partial charge on any atom is 0.361 e. The third kappa shape index (κ3) is 3.66. The summed E-state index contributed by atoms with van der Waals surface area (Å²) in [5.74, 6) is -2.48. The zero-order valence-corrected chi connectivity index (χ0v) is 14.1. The number of esters is 3. The lowest BCUT2D eigenvalue weighted by atomic mass is 10.1. The van der Waals surface area contributed by atoms with Crippen molar-refractivity contribution in [1.82, 2.24) is 9.97 Å². The molecule has 2 aromatic heterocycles. The average Bonchev–Trinajstić information content (AvgIpc) is 2.95. The second-order valence-electron chi connectivity index (χ2n) is 4.50. The van der Waals surface area contributed by atoms with Gasteiger partial charge in [-0.3, -0.25) is 0 Å². The Hall–Kier alpha value is -3.21. The summed E-state index contributed by atoms with van der Waals surface area (Å²) < 4.78 is 14.4. The summed E-state index contributed by atoms with van der Waals surface area (Å²) in [6, 6.07) is 0. The third-order valence-corrected chi connectivity index (χ3v) is 4.10. The first-order valence-corrected chi connectivity index (χ1v) is 7.53. The second-order valence-corrected chi connectivity index (χ2v) is 5.55. The van der Waals surface area contributed by atoms with E-state index in [1.165, 1.54) is 19.5 Å². The Morgan fingerprint density at radius 1 is 1.04 bits per heavy atom. The van der Waals surface area contributed by atoms with Crippen LogP contribution in [0.5, 0.6) is 0 Å². The minimum atomic E-state index is -0.873. The van der Waals surface area contributed by atoms with Crippen LogP contribution in [0, 0.1) is 0 Å². The number of carbonyl (C=O) groups is 3. The van der Waals surface area contributed by atoms with Gasteiger partial charge in [-0.2, -0.15) is 0 Å². The van der Waals surface area contributed by atoms with Crippen molar-refractivity contribution in [2.24, 2.45) is 0 Å². The van der Waals surface area contributed by atoms with Gasteiger partial charge in [0.1, 0.15) is 22.0 Å². The van der Waals surface area contributed by atoms with E-state index < -0.39 is 24.5 Å². The van der Waals surface area contributed by atoms with E-state index in [1.807, 2.05) is 0 Å². The van der Waals surface area contributed by atoms with Gasteiger partial charge in [-0.05, 0) is 0 Å². The van der Waals surface area contributed by atoms with E-state index in [-0.39, 0.29) is 32.5 Å². The number of nitrogens with two attached hydrogens (primary N) is 2. The van der Waals surface area contributed by atoms with Gasteiger partial charge in [0.2, 0.25) is 0 Å². The molecule has 0 saturated carbocycles. The number of thiophene rings is 1. The largest absolute Gasteiger partial charge is 0.465 e. The van der Waals surface area contributed by atoms with Crippen LogP contribution in [0.3, 0.4) is 0 Å². The lowest BCUT2D eigenvalue weighted by Crippen LogP contribution is -2.15. The number of rotatable bonds is 5. The number of aromatic nitrogens is 2. The molecule has 0 aliphatic rings. The Morgan fingerprint density at radius 2 is 1.68 bits per heavy atom. The summed E-state index contributed by atoms with van der Waals surface area (Å²) in [6.45, 7) is -0.433. The normalized spacial score (nSPS) is 10.2. The Bertz CT molecular complexity index is 835. The molecule has 25 heavy (non-hydrogen) atoms. The van der Waals surface area contributed by atoms with Crippen molar-refractivity contribution in [1.29, 1.82) is 0 Å². The first-order valence-electron chi connectivity index (χ1n) is 6.72. The van der Waals surface area contributed by atoms with Crippen molar-refractivity contribution in [2.75, 3.05) is 25.7 Å². The molecule has 0 saturated heterocycles. The smallest absolute Gasteiger partial charge is 0.361 e. The van der Waals surface area contributed by atoms with Gasteiger partial charge in [0.25, 0.3) is 0 Å². The lowest BCUT2D eigenvalue weighted by Gasteiger charge is -2.08.